The van der Waals surface area contributed by atoms with Crippen LogP contribution in [0.2, 0.25) is 0 Å². The number of hydrogen-bond donors (Lipinski definition) is 2. The molecule has 1 saturated carbocycles. The number of carbonyl (C=O) groups is 1. The monoisotopic (exact) mass is 397 g/mol. The summed E-state index contributed by atoms with van der Waals surface area (Å²) in [6.45, 7) is 1.99. The van der Waals surface area contributed by atoms with Crippen molar-refractivity contribution in [2.45, 2.75) is 50.3 Å². The van der Waals surface area contributed by atoms with E-state index in [0.29, 0.717) is 0 Å². The van der Waals surface area contributed by atoms with Gasteiger partial charge in [-0.3, -0.25) is 4.79 Å². The fourth-order valence-corrected chi connectivity index (χ4v) is 4.89. The van der Waals surface area contributed by atoms with Crippen LogP contribution in [0.25, 0.3) is 0 Å². The van der Waals surface area contributed by atoms with Crippen molar-refractivity contribution in [2.75, 3.05) is 6.54 Å². The van der Waals surface area contributed by atoms with Crippen molar-refractivity contribution < 1.29 is 23.1 Å². The topological polar surface area (TPSA) is 49.3 Å². The van der Waals surface area contributed by atoms with Gasteiger partial charge in [0, 0.05) is 21.7 Å². The van der Waals surface area contributed by atoms with Crippen molar-refractivity contribution in [3.05, 3.63) is 57.3 Å². The summed E-state index contributed by atoms with van der Waals surface area (Å²) in [5.41, 5.74) is -1.55. The third-order valence-corrected chi connectivity index (χ3v) is 6.69. The SMILES string of the molecule is CC(O)c1ccc(C2(CNC(=O)c3ccccc3C(F)(F)F)CCCC2)s1. The maximum absolute atomic E-state index is 13.2. The highest BCUT2D eigenvalue weighted by Gasteiger charge is 2.39. The van der Waals surface area contributed by atoms with Gasteiger partial charge < -0.3 is 10.4 Å². The van der Waals surface area contributed by atoms with E-state index in [9.17, 15) is 23.1 Å². The van der Waals surface area contributed by atoms with E-state index in [1.54, 1.807) is 6.92 Å². The molecule has 146 valence electrons. The summed E-state index contributed by atoms with van der Waals surface area (Å²) < 4.78 is 39.5. The lowest BCUT2D eigenvalue weighted by Crippen LogP contribution is -2.39. The lowest BCUT2D eigenvalue weighted by molar-refractivity contribution is -0.137. The fraction of sp³-hybridized carbons (Fsp3) is 0.450. The number of aliphatic hydroxyl groups excluding tert-OH is 1. The Labute approximate surface area is 160 Å². The first kappa shape index (κ1) is 19.9. The van der Waals surface area contributed by atoms with Crippen LogP contribution in [-0.4, -0.2) is 17.6 Å². The number of aliphatic hydroxyl groups is 1. The van der Waals surface area contributed by atoms with E-state index in [-0.39, 0.29) is 17.5 Å². The zero-order chi connectivity index (χ0) is 19.7. The number of halogens is 3. The van der Waals surface area contributed by atoms with Gasteiger partial charge in [-0.15, -0.1) is 11.3 Å². The van der Waals surface area contributed by atoms with Gasteiger partial charge in [0.2, 0.25) is 0 Å². The predicted octanol–water partition coefficient (Wildman–Crippen LogP) is 5.06. The van der Waals surface area contributed by atoms with Gasteiger partial charge in [0.1, 0.15) is 0 Å². The molecule has 27 heavy (non-hydrogen) atoms. The molecule has 0 spiro atoms. The van der Waals surface area contributed by atoms with Crippen LogP contribution in [0.3, 0.4) is 0 Å². The van der Waals surface area contributed by atoms with E-state index >= 15 is 0 Å². The Morgan fingerprint density at radius 2 is 1.89 bits per heavy atom. The smallest absolute Gasteiger partial charge is 0.388 e. The summed E-state index contributed by atoms with van der Waals surface area (Å²) in [6, 6.07) is 8.69. The summed E-state index contributed by atoms with van der Waals surface area (Å²) in [7, 11) is 0. The molecule has 7 heteroatoms. The molecule has 3 rings (SSSR count). The van der Waals surface area contributed by atoms with Crippen LogP contribution in [0, 0.1) is 0 Å². The average molecular weight is 397 g/mol. The van der Waals surface area contributed by atoms with Crippen LogP contribution in [-0.2, 0) is 11.6 Å². The molecule has 1 fully saturated rings. The largest absolute Gasteiger partial charge is 0.417 e. The number of nitrogens with one attached hydrogen (secondary N) is 1. The van der Waals surface area contributed by atoms with Gasteiger partial charge in [-0.1, -0.05) is 25.0 Å². The van der Waals surface area contributed by atoms with Crippen LogP contribution in [0.4, 0.5) is 13.2 Å². The Bertz CT molecular complexity index is 808. The van der Waals surface area contributed by atoms with Crippen molar-refractivity contribution in [1.82, 2.24) is 5.32 Å². The molecule has 1 atom stereocenters. The maximum Gasteiger partial charge on any atom is 0.417 e. The van der Waals surface area contributed by atoms with Gasteiger partial charge in [-0.2, -0.15) is 13.2 Å². The van der Waals surface area contributed by atoms with Gasteiger partial charge in [0.25, 0.3) is 5.91 Å². The first-order valence-corrected chi connectivity index (χ1v) is 9.77. The molecular weight excluding hydrogens is 375 g/mol. The van der Waals surface area contributed by atoms with Crippen LogP contribution >= 0.6 is 11.3 Å². The minimum Gasteiger partial charge on any atom is -0.388 e. The number of hydrogen-bond acceptors (Lipinski definition) is 3. The lowest BCUT2D eigenvalue weighted by atomic mass is 9.84. The highest BCUT2D eigenvalue weighted by Crippen LogP contribution is 2.44. The summed E-state index contributed by atoms with van der Waals surface area (Å²) in [5.74, 6) is -0.707. The molecule has 1 aromatic heterocycles. The summed E-state index contributed by atoms with van der Waals surface area (Å²) >= 11 is 1.51. The van der Waals surface area contributed by atoms with Crippen molar-refractivity contribution >= 4 is 17.2 Å². The van der Waals surface area contributed by atoms with E-state index in [0.717, 1.165) is 41.5 Å². The molecule has 1 aromatic carbocycles. The van der Waals surface area contributed by atoms with Crippen LogP contribution in [0.5, 0.6) is 0 Å². The van der Waals surface area contributed by atoms with Gasteiger partial charge in [-0.25, -0.2) is 0 Å². The standard InChI is InChI=1S/C20H22F3NO2S/c1-13(25)16-8-9-17(27-16)19(10-4-5-11-19)12-24-18(26)14-6-2-3-7-15(14)20(21,22)23/h2-3,6-9,13,25H,4-5,10-12H2,1H3,(H,24,26). The molecule has 1 heterocycles. The van der Waals surface area contributed by atoms with Crippen molar-refractivity contribution in [1.29, 1.82) is 0 Å². The molecule has 2 aromatic rings. The number of alkyl halides is 3. The van der Waals surface area contributed by atoms with Crippen LogP contribution < -0.4 is 5.32 Å². The third-order valence-electron chi connectivity index (χ3n) is 5.19. The zero-order valence-electron chi connectivity index (χ0n) is 15.0. The number of rotatable bonds is 5. The quantitative estimate of drug-likeness (QED) is 0.741. The molecule has 1 amide bonds. The van der Waals surface area contributed by atoms with E-state index in [4.69, 9.17) is 0 Å². The molecule has 0 saturated heterocycles. The fourth-order valence-electron chi connectivity index (χ4n) is 3.70. The normalized spacial score (nSPS) is 17.7. The van der Waals surface area contributed by atoms with Crippen LogP contribution in [0.1, 0.15) is 64.4 Å². The Hall–Kier alpha value is -1.86. The van der Waals surface area contributed by atoms with Gasteiger partial charge in [-0.05, 0) is 44.0 Å². The summed E-state index contributed by atoms with van der Waals surface area (Å²) in [5, 5.41) is 12.5. The number of benzene rings is 1. The molecule has 0 bridgehead atoms. The molecule has 0 aliphatic heterocycles. The Morgan fingerprint density at radius 1 is 1.22 bits per heavy atom. The second-order valence-electron chi connectivity index (χ2n) is 7.09. The Morgan fingerprint density at radius 3 is 2.48 bits per heavy atom. The molecule has 3 nitrogen and oxygen atoms in total. The average Bonchev–Trinajstić information content (AvgIpc) is 3.29. The van der Waals surface area contributed by atoms with E-state index in [2.05, 4.69) is 5.32 Å². The summed E-state index contributed by atoms with van der Waals surface area (Å²) in [4.78, 5) is 14.4. The van der Waals surface area contributed by atoms with Gasteiger partial charge in [0.15, 0.2) is 0 Å². The maximum atomic E-state index is 13.2. The number of carbonyl (C=O) groups excluding carboxylic acids is 1. The lowest BCUT2D eigenvalue weighted by Gasteiger charge is -2.28. The first-order valence-electron chi connectivity index (χ1n) is 8.96. The van der Waals surface area contributed by atoms with Crippen molar-refractivity contribution in [3.8, 4) is 0 Å². The second kappa shape index (κ2) is 7.64. The van der Waals surface area contributed by atoms with Gasteiger partial charge >= 0.3 is 6.18 Å². The van der Waals surface area contributed by atoms with Crippen molar-refractivity contribution in [2.24, 2.45) is 0 Å². The number of amides is 1. The van der Waals surface area contributed by atoms with E-state index in [1.807, 2.05) is 12.1 Å². The zero-order valence-corrected chi connectivity index (χ0v) is 15.8. The molecule has 1 aliphatic rings. The highest BCUT2D eigenvalue weighted by atomic mass is 32.1. The molecule has 2 N–H and O–H groups in total. The second-order valence-corrected chi connectivity index (χ2v) is 8.21. The Kier molecular flexibility index (Phi) is 5.63. The Balaban J connectivity index is 1.80. The van der Waals surface area contributed by atoms with Gasteiger partial charge in [0.05, 0.1) is 17.2 Å². The molecule has 0 radical (unpaired) electrons. The third kappa shape index (κ3) is 4.19. The molecule has 1 aliphatic carbocycles. The first-order chi connectivity index (χ1) is 12.7. The summed E-state index contributed by atoms with van der Waals surface area (Å²) in [6.07, 6.45) is -1.37. The van der Waals surface area contributed by atoms with E-state index in [1.165, 1.54) is 29.5 Å². The number of thiophene rings is 1. The molecule has 1 unspecified atom stereocenters. The molecular formula is C20H22F3NO2S. The minimum atomic E-state index is -4.57. The highest BCUT2D eigenvalue weighted by molar-refractivity contribution is 7.12. The van der Waals surface area contributed by atoms with E-state index < -0.39 is 23.8 Å². The van der Waals surface area contributed by atoms with Crippen LogP contribution in [0.15, 0.2) is 36.4 Å². The minimum absolute atomic E-state index is 0.277. The van der Waals surface area contributed by atoms with Crippen molar-refractivity contribution in [3.63, 3.8) is 0 Å². The predicted molar refractivity (Wildman–Crippen MR) is 98.9 cm³/mol.